The van der Waals surface area contributed by atoms with E-state index in [-0.39, 0.29) is 5.78 Å². The molecule has 0 bridgehead atoms. The average Bonchev–Trinajstić information content (AvgIpc) is 2.37. The fourth-order valence-corrected chi connectivity index (χ4v) is 1.92. The molecule has 0 saturated heterocycles. The molecular formula is C14H15NO2. The minimum atomic E-state index is 0.160. The Morgan fingerprint density at radius 1 is 1.35 bits per heavy atom. The van der Waals surface area contributed by atoms with Gasteiger partial charge in [0.15, 0.2) is 5.78 Å². The van der Waals surface area contributed by atoms with E-state index < -0.39 is 0 Å². The number of carbonyl (C=O) groups is 1. The van der Waals surface area contributed by atoms with Crippen molar-refractivity contribution in [3.05, 3.63) is 36.0 Å². The molecule has 1 aromatic carbocycles. The minimum Gasteiger partial charge on any atom is -0.494 e. The third-order valence-corrected chi connectivity index (χ3v) is 2.73. The molecule has 0 atom stereocenters. The summed E-state index contributed by atoms with van der Waals surface area (Å²) in [5.74, 6) is 0.863. The third kappa shape index (κ3) is 2.13. The fraction of sp³-hybridized carbons (Fsp3) is 0.286. The molecule has 3 heteroatoms. The number of benzene rings is 1. The first-order chi connectivity index (χ1) is 8.27. The van der Waals surface area contributed by atoms with E-state index in [4.69, 9.17) is 4.74 Å². The van der Waals surface area contributed by atoms with E-state index in [0.717, 1.165) is 22.9 Å². The van der Waals surface area contributed by atoms with Crippen molar-refractivity contribution >= 4 is 16.7 Å². The van der Waals surface area contributed by atoms with Gasteiger partial charge in [-0.2, -0.15) is 0 Å². The lowest BCUT2D eigenvalue weighted by Crippen LogP contribution is -2.00. The lowest BCUT2D eigenvalue weighted by Gasteiger charge is -2.08. The summed E-state index contributed by atoms with van der Waals surface area (Å²) in [6.07, 6.45) is 3.13. The van der Waals surface area contributed by atoms with Crippen LogP contribution >= 0.6 is 0 Å². The van der Waals surface area contributed by atoms with Gasteiger partial charge in [0.25, 0.3) is 0 Å². The van der Waals surface area contributed by atoms with E-state index in [1.54, 1.807) is 19.4 Å². The Bertz CT molecular complexity index is 549. The molecule has 1 aromatic heterocycles. The second-order valence-corrected chi connectivity index (χ2v) is 3.89. The molecular weight excluding hydrogens is 214 g/mol. The highest BCUT2D eigenvalue weighted by Crippen LogP contribution is 2.27. The molecule has 0 amide bonds. The predicted molar refractivity (Wildman–Crippen MR) is 67.5 cm³/mol. The molecule has 2 rings (SSSR count). The largest absolute Gasteiger partial charge is 0.494 e. The molecule has 2 aromatic rings. The first-order valence-corrected chi connectivity index (χ1v) is 5.72. The van der Waals surface area contributed by atoms with Gasteiger partial charge in [-0.15, -0.1) is 0 Å². The number of hydrogen-bond donors (Lipinski definition) is 0. The zero-order valence-corrected chi connectivity index (χ0v) is 10.1. The molecule has 1 heterocycles. The zero-order valence-electron chi connectivity index (χ0n) is 10.1. The van der Waals surface area contributed by atoms with Crippen molar-refractivity contribution < 1.29 is 9.53 Å². The van der Waals surface area contributed by atoms with Crippen molar-refractivity contribution in [1.29, 1.82) is 0 Å². The molecule has 0 unspecified atom stereocenters. The lowest BCUT2D eigenvalue weighted by atomic mass is 10.0. The van der Waals surface area contributed by atoms with Crippen LogP contribution in [0.15, 0.2) is 30.5 Å². The van der Waals surface area contributed by atoms with Crippen molar-refractivity contribution in [3.8, 4) is 5.75 Å². The minimum absolute atomic E-state index is 0.160. The number of aromatic nitrogens is 1. The molecule has 0 radical (unpaired) electrons. The number of Topliss-reactive ketones (excluding diaryl/α,β-unsaturated/α-hetero) is 1. The Balaban J connectivity index is 2.62. The van der Waals surface area contributed by atoms with Crippen molar-refractivity contribution in [1.82, 2.24) is 4.98 Å². The summed E-state index contributed by atoms with van der Waals surface area (Å²) in [6, 6.07) is 7.37. The van der Waals surface area contributed by atoms with Gasteiger partial charge in [-0.3, -0.25) is 9.78 Å². The van der Waals surface area contributed by atoms with Gasteiger partial charge >= 0.3 is 0 Å². The van der Waals surface area contributed by atoms with Crippen molar-refractivity contribution in [3.63, 3.8) is 0 Å². The summed E-state index contributed by atoms with van der Waals surface area (Å²) in [5.41, 5.74) is 1.48. The number of hydrogen-bond acceptors (Lipinski definition) is 3. The number of carbonyl (C=O) groups excluding carboxylic acids is 1. The smallest absolute Gasteiger partial charge is 0.163 e. The van der Waals surface area contributed by atoms with Crippen LogP contribution in [-0.2, 0) is 0 Å². The topological polar surface area (TPSA) is 39.2 Å². The molecule has 3 nitrogen and oxygen atoms in total. The standard InChI is InChI=1S/C14H15NO2/c1-3-5-12(16)10-7-8-13(17-2)14-11(10)6-4-9-15-14/h4,6-9H,3,5H2,1-2H3. The summed E-state index contributed by atoms with van der Waals surface area (Å²) >= 11 is 0. The summed E-state index contributed by atoms with van der Waals surface area (Å²) in [4.78, 5) is 16.3. The van der Waals surface area contributed by atoms with E-state index in [1.807, 2.05) is 25.1 Å². The number of pyridine rings is 1. The Labute approximate surface area is 100 Å². The molecule has 17 heavy (non-hydrogen) atoms. The molecule has 0 aliphatic heterocycles. The maximum atomic E-state index is 12.0. The molecule has 0 spiro atoms. The van der Waals surface area contributed by atoms with Gasteiger partial charge in [0.05, 0.1) is 7.11 Å². The van der Waals surface area contributed by atoms with Crippen LogP contribution in [0.2, 0.25) is 0 Å². The molecule has 0 saturated carbocycles. The highest BCUT2D eigenvalue weighted by molar-refractivity contribution is 6.08. The molecule has 88 valence electrons. The first kappa shape index (κ1) is 11.6. The Morgan fingerprint density at radius 2 is 2.18 bits per heavy atom. The molecule has 0 aliphatic rings. The van der Waals surface area contributed by atoms with Crippen molar-refractivity contribution in [2.24, 2.45) is 0 Å². The van der Waals surface area contributed by atoms with E-state index in [9.17, 15) is 4.79 Å². The van der Waals surface area contributed by atoms with Gasteiger partial charge in [-0.25, -0.2) is 0 Å². The van der Waals surface area contributed by atoms with Crippen LogP contribution < -0.4 is 4.74 Å². The van der Waals surface area contributed by atoms with Gasteiger partial charge in [0, 0.05) is 23.6 Å². The second kappa shape index (κ2) is 4.95. The SMILES string of the molecule is CCCC(=O)c1ccc(OC)c2ncccc12. The van der Waals surface area contributed by atoms with E-state index >= 15 is 0 Å². The number of methoxy groups -OCH3 is 1. The number of nitrogens with zero attached hydrogens (tertiary/aromatic N) is 1. The Hall–Kier alpha value is -1.90. The first-order valence-electron chi connectivity index (χ1n) is 5.72. The molecule has 0 fully saturated rings. The maximum absolute atomic E-state index is 12.0. The Morgan fingerprint density at radius 3 is 2.88 bits per heavy atom. The zero-order chi connectivity index (χ0) is 12.3. The highest BCUT2D eigenvalue weighted by atomic mass is 16.5. The fourth-order valence-electron chi connectivity index (χ4n) is 1.92. The molecule has 0 aliphatic carbocycles. The summed E-state index contributed by atoms with van der Waals surface area (Å²) in [5, 5.41) is 0.866. The van der Waals surface area contributed by atoms with Crippen molar-refractivity contribution in [2.75, 3.05) is 7.11 Å². The normalized spacial score (nSPS) is 10.5. The van der Waals surface area contributed by atoms with Crippen molar-refractivity contribution in [2.45, 2.75) is 19.8 Å². The predicted octanol–water partition coefficient (Wildman–Crippen LogP) is 3.23. The van der Waals surface area contributed by atoms with Gasteiger partial charge < -0.3 is 4.74 Å². The van der Waals surface area contributed by atoms with Crippen LogP contribution in [0, 0.1) is 0 Å². The van der Waals surface area contributed by atoms with Crippen LogP contribution in [0.4, 0.5) is 0 Å². The number of ether oxygens (including phenoxy) is 1. The summed E-state index contributed by atoms with van der Waals surface area (Å²) < 4.78 is 5.25. The average molecular weight is 229 g/mol. The quantitative estimate of drug-likeness (QED) is 0.755. The van der Waals surface area contributed by atoms with Crippen LogP contribution in [-0.4, -0.2) is 17.9 Å². The summed E-state index contributed by atoms with van der Waals surface area (Å²) in [7, 11) is 1.61. The van der Waals surface area contributed by atoms with E-state index in [2.05, 4.69) is 4.98 Å². The third-order valence-electron chi connectivity index (χ3n) is 2.73. The number of ketones is 1. The van der Waals surface area contributed by atoms with Gasteiger partial charge in [-0.1, -0.05) is 13.0 Å². The van der Waals surface area contributed by atoms with Gasteiger partial charge in [0.1, 0.15) is 11.3 Å². The van der Waals surface area contributed by atoms with E-state index in [0.29, 0.717) is 12.2 Å². The lowest BCUT2D eigenvalue weighted by molar-refractivity contribution is 0.0983. The van der Waals surface area contributed by atoms with Crippen LogP contribution in [0.25, 0.3) is 10.9 Å². The van der Waals surface area contributed by atoms with Crippen LogP contribution in [0.3, 0.4) is 0 Å². The highest BCUT2D eigenvalue weighted by Gasteiger charge is 2.12. The second-order valence-electron chi connectivity index (χ2n) is 3.89. The van der Waals surface area contributed by atoms with Crippen LogP contribution in [0.5, 0.6) is 5.75 Å². The summed E-state index contributed by atoms with van der Waals surface area (Å²) in [6.45, 7) is 2.00. The monoisotopic (exact) mass is 229 g/mol. The Kier molecular flexibility index (Phi) is 3.38. The van der Waals surface area contributed by atoms with Crippen LogP contribution in [0.1, 0.15) is 30.1 Å². The maximum Gasteiger partial charge on any atom is 0.163 e. The molecule has 0 N–H and O–H groups in total. The number of rotatable bonds is 4. The van der Waals surface area contributed by atoms with Gasteiger partial charge in [-0.05, 0) is 24.6 Å². The van der Waals surface area contributed by atoms with Gasteiger partial charge in [0.2, 0.25) is 0 Å². The van der Waals surface area contributed by atoms with E-state index in [1.165, 1.54) is 0 Å². The number of fused-ring (bicyclic) bond motifs is 1.